The predicted octanol–water partition coefficient (Wildman–Crippen LogP) is 3.64. The Kier molecular flexibility index (Phi) is 4.52. The third-order valence-electron chi connectivity index (χ3n) is 2.43. The molecule has 3 nitrogen and oxygen atoms in total. The van der Waals surface area contributed by atoms with Crippen molar-refractivity contribution in [2.45, 2.75) is 0 Å². The zero-order valence-electron chi connectivity index (χ0n) is 9.99. The first-order chi connectivity index (χ1) is 9.15. The Hall–Kier alpha value is -1.88. The summed E-state index contributed by atoms with van der Waals surface area (Å²) in [4.78, 5) is 11.7. The van der Waals surface area contributed by atoms with Crippen LogP contribution in [0.25, 0.3) is 0 Å². The van der Waals surface area contributed by atoms with Crippen LogP contribution >= 0.6 is 15.9 Å². The Morgan fingerprint density at radius 1 is 1.11 bits per heavy atom. The third-order valence-corrected chi connectivity index (χ3v) is 3.07. The van der Waals surface area contributed by atoms with Gasteiger partial charge in [-0.15, -0.1) is 0 Å². The van der Waals surface area contributed by atoms with Crippen molar-refractivity contribution in [3.8, 4) is 0 Å². The maximum absolute atomic E-state index is 13.3. The maximum Gasteiger partial charge on any atom is 0.243 e. The lowest BCUT2D eigenvalue weighted by Crippen LogP contribution is -2.21. The minimum Gasteiger partial charge on any atom is -0.376 e. The molecule has 2 N–H and O–H groups in total. The lowest BCUT2D eigenvalue weighted by atomic mass is 10.3. The van der Waals surface area contributed by atoms with Crippen molar-refractivity contribution in [2.75, 3.05) is 17.2 Å². The van der Waals surface area contributed by atoms with Gasteiger partial charge in [0.1, 0.15) is 5.82 Å². The summed E-state index contributed by atoms with van der Waals surface area (Å²) in [5, 5.41) is 5.59. The SMILES string of the molecule is O=C(CNc1ccc(Br)c(F)c1)Nc1ccccc1. The van der Waals surface area contributed by atoms with Crippen LogP contribution in [0.1, 0.15) is 0 Å². The number of hydrogen-bond donors (Lipinski definition) is 2. The molecule has 5 heteroatoms. The number of halogens is 2. The molecular weight excluding hydrogens is 311 g/mol. The largest absolute Gasteiger partial charge is 0.376 e. The molecule has 0 aliphatic heterocycles. The van der Waals surface area contributed by atoms with Crippen molar-refractivity contribution >= 4 is 33.2 Å². The summed E-state index contributed by atoms with van der Waals surface area (Å²) < 4.78 is 13.7. The summed E-state index contributed by atoms with van der Waals surface area (Å²) in [7, 11) is 0. The Morgan fingerprint density at radius 3 is 2.53 bits per heavy atom. The van der Waals surface area contributed by atoms with E-state index < -0.39 is 0 Å². The van der Waals surface area contributed by atoms with E-state index in [1.54, 1.807) is 24.3 Å². The van der Waals surface area contributed by atoms with Gasteiger partial charge in [0.05, 0.1) is 11.0 Å². The molecule has 0 saturated carbocycles. The number of carbonyl (C=O) groups excluding carboxylic acids is 1. The van der Waals surface area contributed by atoms with E-state index in [0.717, 1.165) is 5.69 Å². The quantitative estimate of drug-likeness (QED) is 0.902. The number of amides is 1. The summed E-state index contributed by atoms with van der Waals surface area (Å²) in [6.45, 7) is 0.0793. The van der Waals surface area contributed by atoms with Gasteiger partial charge < -0.3 is 10.6 Å². The van der Waals surface area contributed by atoms with Crippen LogP contribution in [0, 0.1) is 5.82 Å². The van der Waals surface area contributed by atoms with Gasteiger partial charge in [0, 0.05) is 11.4 Å². The first-order valence-corrected chi connectivity index (χ1v) is 6.48. The zero-order chi connectivity index (χ0) is 13.7. The van der Waals surface area contributed by atoms with Gasteiger partial charge in [0.2, 0.25) is 5.91 Å². The molecule has 0 radical (unpaired) electrons. The third kappa shape index (κ3) is 4.06. The van der Waals surface area contributed by atoms with E-state index in [1.165, 1.54) is 6.07 Å². The van der Waals surface area contributed by atoms with E-state index in [1.807, 2.05) is 18.2 Å². The van der Waals surface area contributed by atoms with Crippen LogP contribution in [-0.4, -0.2) is 12.5 Å². The second-order valence-corrected chi connectivity index (χ2v) is 4.75. The van der Waals surface area contributed by atoms with Crippen molar-refractivity contribution in [3.63, 3.8) is 0 Å². The predicted molar refractivity (Wildman–Crippen MR) is 77.7 cm³/mol. The molecule has 0 aromatic heterocycles. The molecule has 0 unspecified atom stereocenters. The molecule has 98 valence electrons. The minimum absolute atomic E-state index is 0.0793. The van der Waals surface area contributed by atoms with E-state index in [2.05, 4.69) is 26.6 Å². The lowest BCUT2D eigenvalue weighted by Gasteiger charge is -2.08. The standard InChI is InChI=1S/C14H12BrFN2O/c15-12-7-6-11(8-13(12)16)17-9-14(19)18-10-4-2-1-3-5-10/h1-8,17H,9H2,(H,18,19). The van der Waals surface area contributed by atoms with Gasteiger partial charge in [-0.2, -0.15) is 0 Å². The number of rotatable bonds is 4. The highest BCUT2D eigenvalue weighted by atomic mass is 79.9. The summed E-state index contributed by atoms with van der Waals surface area (Å²) in [6.07, 6.45) is 0. The second-order valence-electron chi connectivity index (χ2n) is 3.90. The summed E-state index contributed by atoms with van der Waals surface area (Å²) in [5.74, 6) is -0.553. The van der Waals surface area contributed by atoms with Gasteiger partial charge in [-0.05, 0) is 46.3 Å². The summed E-state index contributed by atoms with van der Waals surface area (Å²) in [5.41, 5.74) is 1.29. The summed E-state index contributed by atoms with van der Waals surface area (Å²) in [6, 6.07) is 13.8. The number of benzene rings is 2. The molecule has 0 bridgehead atoms. The Balaban J connectivity index is 1.88. The van der Waals surface area contributed by atoms with E-state index in [9.17, 15) is 9.18 Å². The van der Waals surface area contributed by atoms with Crippen molar-refractivity contribution in [2.24, 2.45) is 0 Å². The highest BCUT2D eigenvalue weighted by Crippen LogP contribution is 2.19. The van der Waals surface area contributed by atoms with Crippen LogP contribution in [0.5, 0.6) is 0 Å². The number of hydrogen-bond acceptors (Lipinski definition) is 2. The Bertz CT molecular complexity index is 575. The van der Waals surface area contributed by atoms with E-state index in [4.69, 9.17) is 0 Å². The van der Waals surface area contributed by atoms with Gasteiger partial charge in [-0.3, -0.25) is 4.79 Å². The molecule has 19 heavy (non-hydrogen) atoms. The maximum atomic E-state index is 13.3. The number of nitrogens with one attached hydrogen (secondary N) is 2. The smallest absolute Gasteiger partial charge is 0.243 e. The van der Waals surface area contributed by atoms with Crippen molar-refractivity contribution < 1.29 is 9.18 Å². The molecule has 0 saturated heterocycles. The fraction of sp³-hybridized carbons (Fsp3) is 0.0714. The number of anilines is 2. The van der Waals surface area contributed by atoms with Crippen LogP contribution < -0.4 is 10.6 Å². The molecule has 0 atom stereocenters. The van der Waals surface area contributed by atoms with Crippen LogP contribution in [0.4, 0.5) is 15.8 Å². The number of carbonyl (C=O) groups is 1. The highest BCUT2D eigenvalue weighted by Gasteiger charge is 2.04. The van der Waals surface area contributed by atoms with Crippen LogP contribution in [-0.2, 0) is 4.79 Å². The van der Waals surface area contributed by atoms with E-state index in [-0.39, 0.29) is 18.3 Å². The van der Waals surface area contributed by atoms with E-state index in [0.29, 0.717) is 10.2 Å². The van der Waals surface area contributed by atoms with Gasteiger partial charge in [0.15, 0.2) is 0 Å². The molecule has 2 aromatic rings. The molecular formula is C14H12BrFN2O. The molecule has 0 aliphatic carbocycles. The minimum atomic E-state index is -0.367. The molecule has 0 aliphatic rings. The van der Waals surface area contributed by atoms with Gasteiger partial charge in [-0.25, -0.2) is 4.39 Å². The normalized spacial score (nSPS) is 10.0. The topological polar surface area (TPSA) is 41.1 Å². The van der Waals surface area contributed by atoms with Crippen LogP contribution in [0.15, 0.2) is 53.0 Å². The Morgan fingerprint density at radius 2 is 1.84 bits per heavy atom. The van der Waals surface area contributed by atoms with Crippen LogP contribution in [0.3, 0.4) is 0 Å². The molecule has 1 amide bonds. The van der Waals surface area contributed by atoms with Crippen molar-refractivity contribution in [1.82, 2.24) is 0 Å². The average molecular weight is 323 g/mol. The fourth-order valence-electron chi connectivity index (χ4n) is 1.52. The molecule has 2 rings (SSSR count). The first-order valence-electron chi connectivity index (χ1n) is 5.69. The van der Waals surface area contributed by atoms with Gasteiger partial charge >= 0.3 is 0 Å². The fourth-order valence-corrected chi connectivity index (χ4v) is 1.76. The highest BCUT2D eigenvalue weighted by molar-refractivity contribution is 9.10. The lowest BCUT2D eigenvalue weighted by molar-refractivity contribution is -0.114. The van der Waals surface area contributed by atoms with Crippen molar-refractivity contribution in [3.05, 3.63) is 58.8 Å². The first kappa shape index (κ1) is 13.5. The molecule has 2 aromatic carbocycles. The molecule has 0 fully saturated rings. The van der Waals surface area contributed by atoms with Crippen molar-refractivity contribution in [1.29, 1.82) is 0 Å². The Labute approximate surface area is 119 Å². The number of para-hydroxylation sites is 1. The monoisotopic (exact) mass is 322 g/mol. The summed E-state index contributed by atoms with van der Waals surface area (Å²) >= 11 is 3.07. The molecule has 0 heterocycles. The van der Waals surface area contributed by atoms with E-state index >= 15 is 0 Å². The second kappa shape index (κ2) is 6.33. The molecule has 0 spiro atoms. The van der Waals surface area contributed by atoms with Crippen LogP contribution in [0.2, 0.25) is 0 Å². The average Bonchev–Trinajstić information content (AvgIpc) is 2.41. The van der Waals surface area contributed by atoms with Gasteiger partial charge in [0.25, 0.3) is 0 Å². The zero-order valence-corrected chi connectivity index (χ0v) is 11.6. The van der Waals surface area contributed by atoms with Gasteiger partial charge in [-0.1, -0.05) is 18.2 Å².